The van der Waals surface area contributed by atoms with Crippen molar-refractivity contribution in [2.45, 2.75) is 63.9 Å². The van der Waals surface area contributed by atoms with E-state index in [0.29, 0.717) is 12.5 Å². The standard InChI is InChI=1S/C16H24N2O2S/c1-10-14(21-16(18-10)11-5-2-3-6-11)15(20)17-9-12-7-4-8-13(12)19/h11-13,19H,2-9H2,1H3,(H,17,20). The Bertz CT molecular complexity index is 508. The van der Waals surface area contributed by atoms with Gasteiger partial charge in [-0.05, 0) is 32.6 Å². The average molecular weight is 308 g/mol. The molecule has 2 atom stereocenters. The van der Waals surface area contributed by atoms with Crippen LogP contribution in [0.25, 0.3) is 0 Å². The first-order valence-corrected chi connectivity index (χ1v) is 8.90. The molecule has 5 heteroatoms. The van der Waals surface area contributed by atoms with Crippen LogP contribution >= 0.6 is 11.3 Å². The van der Waals surface area contributed by atoms with Crippen molar-refractivity contribution < 1.29 is 9.90 Å². The molecule has 3 rings (SSSR count). The molecule has 1 heterocycles. The lowest BCUT2D eigenvalue weighted by molar-refractivity contribution is 0.0920. The predicted octanol–water partition coefficient (Wildman–Crippen LogP) is 3.00. The van der Waals surface area contributed by atoms with E-state index in [9.17, 15) is 9.90 Å². The van der Waals surface area contributed by atoms with Crippen LogP contribution in [0, 0.1) is 12.8 Å². The summed E-state index contributed by atoms with van der Waals surface area (Å²) in [5.74, 6) is 0.761. The van der Waals surface area contributed by atoms with Gasteiger partial charge in [-0.25, -0.2) is 4.98 Å². The second-order valence-corrected chi connectivity index (χ2v) is 7.45. The number of nitrogens with one attached hydrogen (secondary N) is 1. The third-order valence-electron chi connectivity index (χ3n) is 4.87. The van der Waals surface area contributed by atoms with Crippen molar-refractivity contribution in [3.63, 3.8) is 0 Å². The number of hydrogen-bond acceptors (Lipinski definition) is 4. The molecule has 0 spiro atoms. The van der Waals surface area contributed by atoms with Crippen molar-refractivity contribution >= 4 is 17.2 Å². The molecule has 2 saturated carbocycles. The molecule has 0 aromatic carbocycles. The Balaban J connectivity index is 1.61. The van der Waals surface area contributed by atoms with E-state index in [1.54, 1.807) is 11.3 Å². The number of thiazole rings is 1. The first-order valence-electron chi connectivity index (χ1n) is 8.08. The minimum atomic E-state index is -0.248. The summed E-state index contributed by atoms with van der Waals surface area (Å²) in [5.41, 5.74) is 0.853. The van der Waals surface area contributed by atoms with Gasteiger partial charge in [0.05, 0.1) is 16.8 Å². The summed E-state index contributed by atoms with van der Waals surface area (Å²) in [7, 11) is 0. The van der Waals surface area contributed by atoms with Crippen LogP contribution in [0.3, 0.4) is 0 Å². The molecule has 1 aromatic rings. The third kappa shape index (κ3) is 3.29. The summed E-state index contributed by atoms with van der Waals surface area (Å²) < 4.78 is 0. The van der Waals surface area contributed by atoms with Gasteiger partial charge in [0, 0.05) is 18.4 Å². The Kier molecular flexibility index (Phi) is 4.60. The van der Waals surface area contributed by atoms with E-state index in [4.69, 9.17) is 0 Å². The van der Waals surface area contributed by atoms with E-state index < -0.39 is 0 Å². The first kappa shape index (κ1) is 15.0. The molecule has 2 aliphatic rings. The summed E-state index contributed by atoms with van der Waals surface area (Å²) in [5, 5.41) is 13.9. The van der Waals surface area contributed by atoms with Gasteiger partial charge in [0.25, 0.3) is 5.91 Å². The monoisotopic (exact) mass is 308 g/mol. The number of carbonyl (C=O) groups excluding carboxylic acids is 1. The van der Waals surface area contributed by atoms with Crippen molar-refractivity contribution in [3.05, 3.63) is 15.6 Å². The lowest BCUT2D eigenvalue weighted by Crippen LogP contribution is -2.32. The van der Waals surface area contributed by atoms with Crippen LogP contribution in [0.15, 0.2) is 0 Å². The van der Waals surface area contributed by atoms with Crippen molar-refractivity contribution in [1.82, 2.24) is 10.3 Å². The molecule has 1 aromatic heterocycles. The molecule has 4 nitrogen and oxygen atoms in total. The van der Waals surface area contributed by atoms with Crippen LogP contribution in [0.4, 0.5) is 0 Å². The van der Waals surface area contributed by atoms with Gasteiger partial charge in [-0.15, -0.1) is 11.3 Å². The molecule has 0 saturated heterocycles. The van der Waals surface area contributed by atoms with Crippen LogP contribution in [0.2, 0.25) is 0 Å². The maximum absolute atomic E-state index is 12.3. The summed E-state index contributed by atoms with van der Waals surface area (Å²) in [6, 6.07) is 0. The number of carbonyl (C=O) groups is 1. The molecule has 2 aliphatic carbocycles. The lowest BCUT2D eigenvalue weighted by atomic mass is 10.1. The smallest absolute Gasteiger partial charge is 0.263 e. The van der Waals surface area contributed by atoms with Crippen molar-refractivity contribution in [2.24, 2.45) is 5.92 Å². The SMILES string of the molecule is Cc1nc(C2CCCC2)sc1C(=O)NCC1CCCC1O. The summed E-state index contributed by atoms with van der Waals surface area (Å²) in [4.78, 5) is 17.7. The van der Waals surface area contributed by atoms with Crippen molar-refractivity contribution in [1.29, 1.82) is 0 Å². The maximum atomic E-state index is 12.3. The molecule has 1 amide bonds. The highest BCUT2D eigenvalue weighted by Crippen LogP contribution is 2.37. The number of aryl methyl sites for hydroxylation is 1. The number of amides is 1. The minimum absolute atomic E-state index is 0.0200. The molecular weight excluding hydrogens is 284 g/mol. The Labute approximate surface area is 130 Å². The summed E-state index contributed by atoms with van der Waals surface area (Å²) in [6.07, 6.45) is 7.68. The average Bonchev–Trinajstić information content (AvgIpc) is 3.16. The number of aliphatic hydroxyl groups is 1. The van der Waals surface area contributed by atoms with Gasteiger partial charge in [0.2, 0.25) is 0 Å². The van der Waals surface area contributed by atoms with E-state index in [0.717, 1.165) is 34.8 Å². The Morgan fingerprint density at radius 1 is 1.29 bits per heavy atom. The van der Waals surface area contributed by atoms with Gasteiger partial charge >= 0.3 is 0 Å². The van der Waals surface area contributed by atoms with Gasteiger partial charge in [-0.3, -0.25) is 4.79 Å². The lowest BCUT2D eigenvalue weighted by Gasteiger charge is -2.14. The molecule has 116 valence electrons. The molecular formula is C16H24N2O2S. The molecule has 0 bridgehead atoms. The van der Waals surface area contributed by atoms with Crippen LogP contribution in [-0.2, 0) is 0 Å². The fourth-order valence-electron chi connectivity index (χ4n) is 3.53. The second kappa shape index (κ2) is 6.44. The Morgan fingerprint density at radius 2 is 2.05 bits per heavy atom. The topological polar surface area (TPSA) is 62.2 Å². The number of rotatable bonds is 4. The molecule has 0 radical (unpaired) electrons. The maximum Gasteiger partial charge on any atom is 0.263 e. The summed E-state index contributed by atoms with van der Waals surface area (Å²) in [6.45, 7) is 2.50. The van der Waals surface area contributed by atoms with E-state index >= 15 is 0 Å². The number of aliphatic hydroxyl groups excluding tert-OH is 1. The Hall–Kier alpha value is -0.940. The molecule has 2 fully saturated rings. The van der Waals surface area contributed by atoms with Crippen molar-refractivity contribution in [2.75, 3.05) is 6.54 Å². The van der Waals surface area contributed by atoms with Gasteiger partial charge in [0.1, 0.15) is 4.88 Å². The first-order chi connectivity index (χ1) is 10.1. The minimum Gasteiger partial charge on any atom is -0.393 e. The van der Waals surface area contributed by atoms with E-state index in [-0.39, 0.29) is 17.9 Å². The molecule has 0 aliphatic heterocycles. The zero-order valence-electron chi connectivity index (χ0n) is 12.6. The normalized spacial score (nSPS) is 26.4. The molecule has 21 heavy (non-hydrogen) atoms. The molecule has 2 unspecified atom stereocenters. The number of aromatic nitrogens is 1. The predicted molar refractivity (Wildman–Crippen MR) is 83.7 cm³/mol. The fraction of sp³-hybridized carbons (Fsp3) is 0.750. The fourth-order valence-corrected chi connectivity index (χ4v) is 4.69. The second-order valence-electron chi connectivity index (χ2n) is 6.42. The van der Waals surface area contributed by atoms with Gasteiger partial charge < -0.3 is 10.4 Å². The van der Waals surface area contributed by atoms with E-state index in [1.807, 2.05) is 6.92 Å². The van der Waals surface area contributed by atoms with Crippen LogP contribution in [0.1, 0.15) is 71.2 Å². The zero-order chi connectivity index (χ0) is 14.8. The molecule has 2 N–H and O–H groups in total. The quantitative estimate of drug-likeness (QED) is 0.899. The van der Waals surface area contributed by atoms with Crippen LogP contribution in [0.5, 0.6) is 0 Å². The van der Waals surface area contributed by atoms with Crippen molar-refractivity contribution in [3.8, 4) is 0 Å². The highest BCUT2D eigenvalue weighted by atomic mass is 32.1. The highest BCUT2D eigenvalue weighted by Gasteiger charge is 2.27. The van der Waals surface area contributed by atoms with Gasteiger partial charge in [-0.1, -0.05) is 19.3 Å². The third-order valence-corrected chi connectivity index (χ3v) is 6.19. The van der Waals surface area contributed by atoms with Gasteiger partial charge in [-0.2, -0.15) is 0 Å². The van der Waals surface area contributed by atoms with E-state index in [1.165, 1.54) is 25.7 Å². The summed E-state index contributed by atoms with van der Waals surface area (Å²) >= 11 is 1.56. The number of hydrogen-bond donors (Lipinski definition) is 2. The van der Waals surface area contributed by atoms with Gasteiger partial charge in [0.15, 0.2) is 0 Å². The zero-order valence-corrected chi connectivity index (χ0v) is 13.4. The highest BCUT2D eigenvalue weighted by molar-refractivity contribution is 7.13. The Morgan fingerprint density at radius 3 is 2.71 bits per heavy atom. The largest absolute Gasteiger partial charge is 0.393 e. The van der Waals surface area contributed by atoms with Crippen LogP contribution < -0.4 is 5.32 Å². The number of nitrogens with zero attached hydrogens (tertiary/aromatic N) is 1. The van der Waals surface area contributed by atoms with Crippen LogP contribution in [-0.4, -0.2) is 28.6 Å². The van der Waals surface area contributed by atoms with E-state index in [2.05, 4.69) is 10.3 Å².